The van der Waals surface area contributed by atoms with E-state index in [1.165, 1.54) is 214 Å². The Bertz CT molecular complexity index is 9290. The SMILES string of the molecule is c1ccc(-c2cc(-n3c4ccccc4c4cc5c6ccccc6n(-c6ccccc6)c5cc43)cc3ccccc23)cc1.c1ccc(-c2cc(-n3c4ccccc4c4ccc5c6ccccc6n(-c6ccccc6)c5c43)cc3ccccc23)cc1.c1ccc(-n2c3ccccc3c3cc4c5ccccc5n(-c5ccc(-n6c7ccccc7c7ccccc76)cc5)c4cc32)cc1. The Kier molecular flexibility index (Phi) is 16.9. The molecule has 7 heterocycles. The van der Waals surface area contributed by atoms with Gasteiger partial charge in [-0.25, -0.2) is 0 Å². The van der Waals surface area contributed by atoms with Crippen LogP contribution in [0.5, 0.6) is 0 Å². The van der Waals surface area contributed by atoms with Crippen molar-refractivity contribution >= 4 is 174 Å². The monoisotopic (exact) mass is 1640 g/mol. The van der Waals surface area contributed by atoms with Crippen molar-refractivity contribution in [3.8, 4) is 62.1 Å². The molecule has 0 aliphatic carbocycles. The first-order valence-electron chi connectivity index (χ1n) is 44.4. The summed E-state index contributed by atoms with van der Waals surface area (Å²) >= 11 is 0. The van der Waals surface area contributed by atoms with Gasteiger partial charge in [-0.3, -0.25) is 0 Å². The van der Waals surface area contributed by atoms with Crippen molar-refractivity contribution in [2.45, 2.75) is 0 Å². The number of hydrogen-bond acceptors (Lipinski definition) is 0. The fourth-order valence-electron chi connectivity index (χ4n) is 21.3. The lowest BCUT2D eigenvalue weighted by Gasteiger charge is -2.15. The number of rotatable bonds is 9. The molecule has 0 amide bonds. The van der Waals surface area contributed by atoms with E-state index in [0.29, 0.717) is 0 Å². The fraction of sp³-hybridized carbons (Fsp3) is 0. The number of hydrogen-bond donors (Lipinski definition) is 0. The summed E-state index contributed by atoms with van der Waals surface area (Å²) in [5, 5.41) is 22.7. The highest BCUT2D eigenvalue weighted by Crippen LogP contribution is 2.47. The zero-order valence-electron chi connectivity index (χ0n) is 70.2. The van der Waals surface area contributed by atoms with E-state index in [1.807, 2.05) is 0 Å². The molecule has 7 nitrogen and oxygen atoms in total. The largest absolute Gasteiger partial charge is 0.309 e. The van der Waals surface area contributed by atoms with Crippen LogP contribution in [-0.4, -0.2) is 32.0 Å². The molecule has 7 aromatic heterocycles. The maximum Gasteiger partial charge on any atom is 0.0788 e. The van der Waals surface area contributed by atoms with Crippen molar-refractivity contribution in [2.24, 2.45) is 0 Å². The standard InChI is InChI=1S/C42H27N3.2C40H26N2/c1-2-12-28(13-3-1)44-39-20-10-6-16-33(39)35-26-36-34-17-7-11-21-40(34)45(42(36)27-41(35)44)30-24-22-29(23-25-30)43-37-18-8-4-14-31(37)32-15-5-9-19-38(32)43;1-3-13-27(14-4-1)34-24-30(23-28-15-7-8-18-31(28)34)42-38-22-12-10-20-33(38)36-25-35-32-19-9-11-21-37(32)41(39(35)26-40(36)42)29-16-5-2-6-17-29;1-3-13-27(14-4-1)36-26-30(25-28-15-7-8-18-31(28)36)42-38-22-12-10-20-33(38)35-24-23-34-32-19-9-11-21-37(32)41(39(34)40(35)42)29-16-5-2-6-17-29/h1-27H;2*1-26H. The van der Waals surface area contributed by atoms with Gasteiger partial charge in [-0.2, -0.15) is 0 Å². The molecule has 7 heteroatoms. The fourth-order valence-corrected chi connectivity index (χ4v) is 21.3. The molecule has 0 spiro atoms. The highest BCUT2D eigenvalue weighted by atomic mass is 15.1. The second kappa shape index (κ2) is 29.7. The highest BCUT2D eigenvalue weighted by molar-refractivity contribution is 6.26. The summed E-state index contributed by atoms with van der Waals surface area (Å²) in [5.74, 6) is 0. The number of para-hydroxylation sites is 11. The molecule has 0 aliphatic heterocycles. The van der Waals surface area contributed by atoms with E-state index in [-0.39, 0.29) is 0 Å². The predicted octanol–water partition coefficient (Wildman–Crippen LogP) is 32.4. The van der Waals surface area contributed by atoms with E-state index in [1.54, 1.807) is 0 Å². The molecule has 0 saturated carbocycles. The first-order chi connectivity index (χ1) is 64.1. The molecule has 0 bridgehead atoms. The van der Waals surface area contributed by atoms with Crippen LogP contribution in [0.2, 0.25) is 0 Å². The van der Waals surface area contributed by atoms with Gasteiger partial charge in [-0.15, -0.1) is 0 Å². The van der Waals surface area contributed by atoms with Crippen LogP contribution >= 0.6 is 0 Å². The molecule has 28 aromatic rings. The summed E-state index contributed by atoms with van der Waals surface area (Å²) in [6, 6.07) is 174. The summed E-state index contributed by atoms with van der Waals surface area (Å²) in [6.07, 6.45) is 0. The second-order valence-electron chi connectivity index (χ2n) is 33.8. The summed E-state index contributed by atoms with van der Waals surface area (Å²) in [5.41, 5.74) is 30.1. The van der Waals surface area contributed by atoms with Gasteiger partial charge < -0.3 is 32.0 Å². The zero-order valence-corrected chi connectivity index (χ0v) is 70.2. The van der Waals surface area contributed by atoms with Crippen LogP contribution in [0.3, 0.4) is 0 Å². The molecule has 0 fully saturated rings. The molecule has 0 atom stereocenters. The molecule has 0 radical (unpaired) electrons. The third-order valence-corrected chi connectivity index (χ3v) is 26.8. The topological polar surface area (TPSA) is 34.5 Å². The highest BCUT2D eigenvalue weighted by Gasteiger charge is 2.26. The van der Waals surface area contributed by atoms with E-state index < -0.39 is 0 Å². The number of nitrogens with zero attached hydrogens (tertiary/aromatic N) is 7. The van der Waals surface area contributed by atoms with Crippen molar-refractivity contribution in [1.82, 2.24) is 32.0 Å². The van der Waals surface area contributed by atoms with Crippen molar-refractivity contribution < 1.29 is 0 Å². The molecule has 0 saturated heterocycles. The van der Waals surface area contributed by atoms with Crippen LogP contribution in [0.25, 0.3) is 236 Å². The lowest BCUT2D eigenvalue weighted by Crippen LogP contribution is -1.99. The van der Waals surface area contributed by atoms with Crippen molar-refractivity contribution in [1.29, 1.82) is 0 Å². The van der Waals surface area contributed by atoms with Crippen LogP contribution in [-0.2, 0) is 0 Å². The van der Waals surface area contributed by atoms with Crippen molar-refractivity contribution in [3.63, 3.8) is 0 Å². The molecular formula is C122H79N7. The quantitative estimate of drug-likeness (QED) is 0.138. The normalized spacial score (nSPS) is 11.9. The summed E-state index contributed by atoms with van der Waals surface area (Å²) in [7, 11) is 0. The van der Waals surface area contributed by atoms with E-state index >= 15 is 0 Å². The molecule has 0 aliphatic rings. The summed E-state index contributed by atoms with van der Waals surface area (Å²) in [6.45, 7) is 0. The minimum Gasteiger partial charge on any atom is -0.309 e. The van der Waals surface area contributed by atoms with Crippen LogP contribution in [0.4, 0.5) is 0 Å². The van der Waals surface area contributed by atoms with Gasteiger partial charge in [-0.05, 0) is 202 Å². The van der Waals surface area contributed by atoms with Gasteiger partial charge in [-0.1, -0.05) is 322 Å². The van der Waals surface area contributed by atoms with Gasteiger partial charge in [0, 0.05) is 115 Å². The Labute approximate surface area is 742 Å². The Balaban J connectivity index is 0.000000102. The van der Waals surface area contributed by atoms with Crippen molar-refractivity contribution in [3.05, 3.63) is 479 Å². The minimum atomic E-state index is 1.15. The molecule has 129 heavy (non-hydrogen) atoms. The van der Waals surface area contributed by atoms with Crippen LogP contribution in [0, 0.1) is 0 Å². The van der Waals surface area contributed by atoms with Gasteiger partial charge >= 0.3 is 0 Å². The number of benzene rings is 21. The minimum absolute atomic E-state index is 1.15. The maximum absolute atomic E-state index is 2.49. The first kappa shape index (κ1) is 73.3. The van der Waals surface area contributed by atoms with Gasteiger partial charge in [0.05, 0.1) is 77.2 Å². The molecule has 21 aromatic carbocycles. The summed E-state index contributed by atoms with van der Waals surface area (Å²) < 4.78 is 17.0. The summed E-state index contributed by atoms with van der Waals surface area (Å²) in [4.78, 5) is 0. The van der Waals surface area contributed by atoms with Gasteiger partial charge in [0.1, 0.15) is 0 Å². The van der Waals surface area contributed by atoms with E-state index in [0.717, 1.165) is 22.7 Å². The Hall–Kier alpha value is -17.3. The third kappa shape index (κ3) is 11.6. The molecule has 602 valence electrons. The second-order valence-corrected chi connectivity index (χ2v) is 33.8. The molecular weight excluding hydrogens is 1560 g/mol. The Morgan fingerprint density at radius 1 is 0.109 bits per heavy atom. The Morgan fingerprint density at radius 3 is 0.636 bits per heavy atom. The molecule has 0 unspecified atom stereocenters. The maximum atomic E-state index is 2.49. The lowest BCUT2D eigenvalue weighted by atomic mass is 9.97. The lowest BCUT2D eigenvalue weighted by molar-refractivity contribution is 1.14. The molecule has 28 rings (SSSR count). The van der Waals surface area contributed by atoms with Crippen LogP contribution in [0.1, 0.15) is 0 Å². The zero-order chi connectivity index (χ0) is 84.7. The van der Waals surface area contributed by atoms with Gasteiger partial charge in [0.15, 0.2) is 0 Å². The smallest absolute Gasteiger partial charge is 0.0788 e. The van der Waals surface area contributed by atoms with Crippen LogP contribution in [0.15, 0.2) is 479 Å². The van der Waals surface area contributed by atoms with Gasteiger partial charge in [0.2, 0.25) is 0 Å². The first-order valence-corrected chi connectivity index (χ1v) is 44.4. The van der Waals surface area contributed by atoms with E-state index in [9.17, 15) is 0 Å². The van der Waals surface area contributed by atoms with E-state index in [2.05, 4.69) is 511 Å². The third-order valence-electron chi connectivity index (χ3n) is 26.8. The Morgan fingerprint density at radius 2 is 0.318 bits per heavy atom. The number of fused-ring (bicyclic) bond motifs is 24. The van der Waals surface area contributed by atoms with Crippen molar-refractivity contribution in [2.75, 3.05) is 0 Å². The average molecular weight is 1640 g/mol. The number of aromatic nitrogens is 7. The average Bonchev–Trinajstić information content (AvgIpc) is 1.53. The predicted molar refractivity (Wildman–Crippen MR) is 546 cm³/mol. The van der Waals surface area contributed by atoms with E-state index in [4.69, 9.17) is 0 Å². The molecule has 0 N–H and O–H groups in total. The van der Waals surface area contributed by atoms with Gasteiger partial charge in [0.25, 0.3) is 0 Å². The van der Waals surface area contributed by atoms with Crippen LogP contribution < -0.4 is 0 Å².